The Morgan fingerprint density at radius 2 is 2.06 bits per heavy atom. The van der Waals surface area contributed by atoms with Gasteiger partial charge in [-0.15, -0.1) is 12.4 Å². The molecule has 1 atom stereocenters. The molecule has 0 spiro atoms. The Labute approximate surface area is 114 Å². The van der Waals surface area contributed by atoms with Crippen molar-refractivity contribution in [3.8, 4) is 5.75 Å². The van der Waals surface area contributed by atoms with Gasteiger partial charge in [0.15, 0.2) is 0 Å². The lowest BCUT2D eigenvalue weighted by Crippen LogP contribution is -2.35. The molecule has 1 aliphatic rings. The minimum absolute atomic E-state index is 0. The van der Waals surface area contributed by atoms with Crippen molar-refractivity contribution in [3.05, 3.63) is 24.3 Å². The van der Waals surface area contributed by atoms with Gasteiger partial charge in [0.1, 0.15) is 5.75 Å². The Hall–Kier alpha value is -1.26. The fourth-order valence-corrected chi connectivity index (χ4v) is 1.97. The Kier molecular flexibility index (Phi) is 4.99. The number of amides is 1. The zero-order valence-electron chi connectivity index (χ0n) is 10.7. The molecule has 2 rings (SSSR count). The predicted octanol–water partition coefficient (Wildman–Crippen LogP) is 2.06. The molecule has 100 valence electrons. The third-order valence-corrected chi connectivity index (χ3v) is 3.26. The first-order valence-electron chi connectivity index (χ1n) is 5.80. The van der Waals surface area contributed by atoms with E-state index in [-0.39, 0.29) is 23.7 Å². The van der Waals surface area contributed by atoms with E-state index in [1.54, 1.807) is 7.11 Å². The van der Waals surface area contributed by atoms with Crippen molar-refractivity contribution in [2.45, 2.75) is 13.3 Å². The number of hydrogen-bond donors (Lipinski definition) is 2. The van der Waals surface area contributed by atoms with Crippen LogP contribution in [0.25, 0.3) is 0 Å². The molecule has 0 bridgehead atoms. The second-order valence-corrected chi connectivity index (χ2v) is 4.67. The number of hydrogen-bond acceptors (Lipinski definition) is 3. The molecule has 1 amide bonds. The quantitative estimate of drug-likeness (QED) is 0.884. The smallest absolute Gasteiger partial charge is 0.231 e. The van der Waals surface area contributed by atoms with Crippen molar-refractivity contribution in [3.63, 3.8) is 0 Å². The summed E-state index contributed by atoms with van der Waals surface area (Å²) < 4.78 is 5.07. The third kappa shape index (κ3) is 3.15. The summed E-state index contributed by atoms with van der Waals surface area (Å²) in [6.07, 6.45) is 0.884. The van der Waals surface area contributed by atoms with Crippen LogP contribution < -0.4 is 15.4 Å². The van der Waals surface area contributed by atoms with Crippen molar-refractivity contribution in [1.82, 2.24) is 5.32 Å². The number of anilines is 1. The lowest BCUT2D eigenvalue weighted by molar-refractivity contribution is -0.123. The van der Waals surface area contributed by atoms with Crippen LogP contribution in [0.1, 0.15) is 13.3 Å². The monoisotopic (exact) mass is 270 g/mol. The van der Waals surface area contributed by atoms with E-state index < -0.39 is 0 Å². The molecule has 1 fully saturated rings. The maximum atomic E-state index is 12.1. The highest BCUT2D eigenvalue weighted by atomic mass is 35.5. The average Bonchev–Trinajstić information content (AvgIpc) is 2.78. The van der Waals surface area contributed by atoms with E-state index >= 15 is 0 Å². The molecule has 18 heavy (non-hydrogen) atoms. The van der Waals surface area contributed by atoms with Gasteiger partial charge in [0.05, 0.1) is 12.5 Å². The minimum atomic E-state index is -0.292. The molecule has 0 radical (unpaired) electrons. The van der Waals surface area contributed by atoms with E-state index in [0.717, 1.165) is 30.9 Å². The van der Waals surface area contributed by atoms with Crippen molar-refractivity contribution in [2.75, 3.05) is 25.5 Å². The van der Waals surface area contributed by atoms with Gasteiger partial charge in [-0.3, -0.25) is 4.79 Å². The Morgan fingerprint density at radius 1 is 1.39 bits per heavy atom. The Bertz CT molecular complexity index is 400. The van der Waals surface area contributed by atoms with Gasteiger partial charge >= 0.3 is 0 Å². The van der Waals surface area contributed by atoms with Crippen LogP contribution in [-0.4, -0.2) is 26.1 Å². The Morgan fingerprint density at radius 3 is 2.56 bits per heavy atom. The second kappa shape index (κ2) is 6.07. The number of benzene rings is 1. The summed E-state index contributed by atoms with van der Waals surface area (Å²) >= 11 is 0. The van der Waals surface area contributed by atoms with Crippen LogP contribution in [-0.2, 0) is 4.79 Å². The summed E-state index contributed by atoms with van der Waals surface area (Å²) in [5.41, 5.74) is 0.517. The molecule has 0 aliphatic carbocycles. The molecular formula is C13H19ClN2O2. The minimum Gasteiger partial charge on any atom is -0.497 e. The van der Waals surface area contributed by atoms with Crippen LogP contribution in [0.4, 0.5) is 5.69 Å². The number of nitrogens with one attached hydrogen (secondary N) is 2. The highest BCUT2D eigenvalue weighted by Crippen LogP contribution is 2.26. The first-order chi connectivity index (χ1) is 8.14. The maximum Gasteiger partial charge on any atom is 0.231 e. The molecule has 2 N–H and O–H groups in total. The zero-order valence-corrected chi connectivity index (χ0v) is 11.5. The number of carbonyl (C=O) groups excluding carboxylic acids is 1. The van der Waals surface area contributed by atoms with Crippen LogP contribution >= 0.6 is 12.4 Å². The molecule has 0 aromatic heterocycles. The highest BCUT2D eigenvalue weighted by molar-refractivity contribution is 5.95. The topological polar surface area (TPSA) is 50.4 Å². The first kappa shape index (κ1) is 14.8. The van der Waals surface area contributed by atoms with Crippen LogP contribution in [0, 0.1) is 5.41 Å². The lowest BCUT2D eigenvalue weighted by Gasteiger charge is -2.21. The molecule has 1 saturated heterocycles. The molecule has 5 heteroatoms. The van der Waals surface area contributed by atoms with Gasteiger partial charge in [0.2, 0.25) is 5.91 Å². The molecule has 0 saturated carbocycles. The zero-order chi connectivity index (χ0) is 12.3. The number of carbonyl (C=O) groups is 1. The van der Waals surface area contributed by atoms with E-state index in [2.05, 4.69) is 10.6 Å². The summed E-state index contributed by atoms with van der Waals surface area (Å²) in [5.74, 6) is 0.865. The fraction of sp³-hybridized carbons (Fsp3) is 0.462. The predicted molar refractivity (Wildman–Crippen MR) is 74.5 cm³/mol. The van der Waals surface area contributed by atoms with Crippen LogP contribution in [0.3, 0.4) is 0 Å². The van der Waals surface area contributed by atoms with E-state index in [0.29, 0.717) is 0 Å². The molecule has 1 unspecified atom stereocenters. The molecular weight excluding hydrogens is 252 g/mol. The van der Waals surface area contributed by atoms with Crippen molar-refractivity contribution < 1.29 is 9.53 Å². The summed E-state index contributed by atoms with van der Waals surface area (Å²) in [6, 6.07) is 7.38. The van der Waals surface area contributed by atoms with E-state index in [4.69, 9.17) is 4.74 Å². The van der Waals surface area contributed by atoms with Gasteiger partial charge in [-0.1, -0.05) is 0 Å². The number of halogens is 1. The standard InChI is InChI=1S/C13H18N2O2.ClH/c1-13(7-8-14-9-13)12(16)15-10-3-5-11(17-2)6-4-10;/h3-6,14H,7-9H2,1-2H3,(H,15,16);1H. The molecule has 1 heterocycles. The van der Waals surface area contributed by atoms with Crippen LogP contribution in [0.2, 0.25) is 0 Å². The van der Waals surface area contributed by atoms with Crippen molar-refractivity contribution in [1.29, 1.82) is 0 Å². The Balaban J connectivity index is 0.00000162. The fourth-order valence-electron chi connectivity index (χ4n) is 1.97. The van der Waals surface area contributed by atoms with Gasteiger partial charge < -0.3 is 15.4 Å². The number of methoxy groups -OCH3 is 1. The first-order valence-corrected chi connectivity index (χ1v) is 5.80. The van der Waals surface area contributed by atoms with E-state index in [9.17, 15) is 4.79 Å². The van der Waals surface area contributed by atoms with Gasteiger partial charge in [-0.05, 0) is 44.2 Å². The van der Waals surface area contributed by atoms with Crippen LogP contribution in [0.5, 0.6) is 5.75 Å². The normalized spacial score (nSPS) is 22.1. The van der Waals surface area contributed by atoms with Crippen LogP contribution in [0.15, 0.2) is 24.3 Å². The lowest BCUT2D eigenvalue weighted by atomic mass is 9.89. The molecule has 1 aromatic rings. The number of rotatable bonds is 3. The van der Waals surface area contributed by atoms with Crippen molar-refractivity contribution in [2.24, 2.45) is 5.41 Å². The van der Waals surface area contributed by atoms with E-state index in [1.807, 2.05) is 31.2 Å². The van der Waals surface area contributed by atoms with Gasteiger partial charge in [0, 0.05) is 12.2 Å². The molecule has 1 aliphatic heterocycles. The van der Waals surface area contributed by atoms with Gasteiger partial charge in [-0.2, -0.15) is 0 Å². The van der Waals surface area contributed by atoms with Gasteiger partial charge in [0.25, 0.3) is 0 Å². The van der Waals surface area contributed by atoms with Gasteiger partial charge in [-0.25, -0.2) is 0 Å². The van der Waals surface area contributed by atoms with E-state index in [1.165, 1.54) is 0 Å². The summed E-state index contributed by atoms with van der Waals surface area (Å²) in [6.45, 7) is 3.65. The molecule has 1 aromatic carbocycles. The largest absolute Gasteiger partial charge is 0.497 e. The maximum absolute atomic E-state index is 12.1. The summed E-state index contributed by atoms with van der Waals surface area (Å²) in [5, 5.41) is 6.16. The highest BCUT2D eigenvalue weighted by Gasteiger charge is 2.36. The second-order valence-electron chi connectivity index (χ2n) is 4.67. The third-order valence-electron chi connectivity index (χ3n) is 3.26. The number of ether oxygens (including phenoxy) is 1. The SMILES string of the molecule is COc1ccc(NC(=O)C2(C)CCNC2)cc1.Cl. The van der Waals surface area contributed by atoms with Crippen molar-refractivity contribution >= 4 is 24.0 Å². The summed E-state index contributed by atoms with van der Waals surface area (Å²) in [7, 11) is 1.62. The summed E-state index contributed by atoms with van der Waals surface area (Å²) in [4.78, 5) is 12.1. The average molecular weight is 271 g/mol. The molecule has 4 nitrogen and oxygen atoms in total.